The maximum absolute atomic E-state index is 12.5. The van der Waals surface area contributed by atoms with E-state index in [0.717, 1.165) is 27.6 Å². The fourth-order valence-corrected chi connectivity index (χ4v) is 3.73. The molecular weight excluding hydrogens is 352 g/mol. The van der Waals surface area contributed by atoms with Crippen LogP contribution in [0.2, 0.25) is 0 Å². The zero-order valence-corrected chi connectivity index (χ0v) is 16.2. The summed E-state index contributed by atoms with van der Waals surface area (Å²) in [6, 6.07) is 11.8. The Balaban J connectivity index is 1.63. The molecule has 6 nitrogen and oxygen atoms in total. The van der Waals surface area contributed by atoms with Crippen LogP contribution in [0.4, 0.5) is 11.6 Å². The Morgan fingerprint density at radius 3 is 2.71 bits per heavy atom. The predicted octanol–water partition coefficient (Wildman–Crippen LogP) is 3.53. The highest BCUT2D eigenvalue weighted by atomic mass is 16.3. The molecule has 2 aromatic heterocycles. The summed E-state index contributed by atoms with van der Waals surface area (Å²) in [6.07, 6.45) is 2.33. The molecule has 0 aliphatic heterocycles. The molecule has 1 aliphatic rings. The number of hydrogen-bond donors (Lipinski definition) is 3. The number of nitrogens with two attached hydrogens (primary N) is 1. The number of carbonyl (C=O) groups is 1. The Hall–Kier alpha value is -2.99. The molecule has 1 saturated carbocycles. The van der Waals surface area contributed by atoms with E-state index in [9.17, 15) is 9.90 Å². The van der Waals surface area contributed by atoms with E-state index in [1.807, 2.05) is 43.3 Å². The molecule has 4 rings (SSSR count). The maximum atomic E-state index is 12.5. The topological polar surface area (TPSA) is 101 Å². The molecule has 144 valence electrons. The number of pyridine rings is 2. The van der Waals surface area contributed by atoms with Crippen molar-refractivity contribution in [2.45, 2.75) is 32.8 Å². The summed E-state index contributed by atoms with van der Waals surface area (Å²) in [7, 11) is 0. The van der Waals surface area contributed by atoms with Crippen LogP contribution in [0.3, 0.4) is 0 Å². The van der Waals surface area contributed by atoms with Gasteiger partial charge < -0.3 is 16.2 Å². The number of carbonyl (C=O) groups excluding carboxylic acids is 1. The van der Waals surface area contributed by atoms with Gasteiger partial charge in [-0.3, -0.25) is 4.79 Å². The number of aromatic nitrogens is 2. The molecule has 28 heavy (non-hydrogen) atoms. The zero-order valence-electron chi connectivity index (χ0n) is 16.2. The second-order valence-corrected chi connectivity index (χ2v) is 8.09. The van der Waals surface area contributed by atoms with Gasteiger partial charge in [0, 0.05) is 23.1 Å². The first-order chi connectivity index (χ1) is 13.2. The molecule has 3 aromatic rings. The van der Waals surface area contributed by atoms with E-state index in [-0.39, 0.29) is 17.7 Å². The molecule has 2 heterocycles. The van der Waals surface area contributed by atoms with Gasteiger partial charge in [0.05, 0.1) is 11.3 Å². The van der Waals surface area contributed by atoms with Crippen LogP contribution in [0.15, 0.2) is 42.6 Å². The Kier molecular flexibility index (Phi) is 4.31. The van der Waals surface area contributed by atoms with Crippen molar-refractivity contribution >= 4 is 28.3 Å². The van der Waals surface area contributed by atoms with Crippen molar-refractivity contribution < 1.29 is 9.90 Å². The lowest BCUT2D eigenvalue weighted by molar-refractivity contribution is -0.118. The van der Waals surface area contributed by atoms with Gasteiger partial charge in [-0.1, -0.05) is 24.3 Å². The summed E-state index contributed by atoms with van der Waals surface area (Å²) in [5, 5.41) is 14.5. The van der Waals surface area contributed by atoms with Crippen molar-refractivity contribution in [1.82, 2.24) is 9.97 Å². The number of aryl methyl sites for hydroxylation is 1. The van der Waals surface area contributed by atoms with E-state index in [1.165, 1.54) is 0 Å². The lowest BCUT2D eigenvalue weighted by atomic mass is 10.0. The van der Waals surface area contributed by atoms with E-state index in [1.54, 1.807) is 20.0 Å². The fourth-order valence-electron chi connectivity index (χ4n) is 3.73. The number of aliphatic hydroxyl groups is 1. The average Bonchev–Trinajstić information content (AvgIpc) is 3.43. The van der Waals surface area contributed by atoms with E-state index in [4.69, 9.17) is 5.73 Å². The first kappa shape index (κ1) is 18.4. The molecule has 6 heteroatoms. The Morgan fingerprint density at radius 2 is 2.04 bits per heavy atom. The van der Waals surface area contributed by atoms with Gasteiger partial charge in [-0.15, -0.1) is 0 Å². The van der Waals surface area contributed by atoms with E-state index >= 15 is 0 Å². The first-order valence-electron chi connectivity index (χ1n) is 9.39. The van der Waals surface area contributed by atoms with Crippen LogP contribution in [0.1, 0.15) is 25.8 Å². The standard InChI is InChI=1S/C22H24N4O2/c1-12-6-4-5-7-14(12)18-8-13-9-19(24-11-16(13)20(23)25-18)26-21(27)15-10-17(15)22(2,3)28/h4-9,11,15,17,28H,10H2,1-3H3,(H2,23,25)(H,24,26,27)/t15-,17-/m0/s1. The average molecular weight is 376 g/mol. The van der Waals surface area contributed by atoms with Crippen molar-refractivity contribution in [3.63, 3.8) is 0 Å². The molecule has 0 saturated heterocycles. The highest BCUT2D eigenvalue weighted by Crippen LogP contribution is 2.46. The summed E-state index contributed by atoms with van der Waals surface area (Å²) in [6.45, 7) is 5.51. The van der Waals surface area contributed by atoms with Gasteiger partial charge in [-0.2, -0.15) is 0 Å². The van der Waals surface area contributed by atoms with Gasteiger partial charge in [-0.05, 0) is 56.2 Å². The molecule has 1 aromatic carbocycles. The fraction of sp³-hybridized carbons (Fsp3) is 0.318. The molecule has 1 aliphatic carbocycles. The SMILES string of the molecule is Cc1ccccc1-c1cc2cc(NC(=O)[C@H]3C[C@@H]3C(C)(C)O)ncc2c(N)n1. The van der Waals surface area contributed by atoms with Crippen LogP contribution in [0, 0.1) is 18.8 Å². The maximum Gasteiger partial charge on any atom is 0.229 e. The lowest BCUT2D eigenvalue weighted by Gasteiger charge is -2.16. The molecule has 0 unspecified atom stereocenters. The number of nitrogen functional groups attached to an aromatic ring is 1. The van der Waals surface area contributed by atoms with Crippen LogP contribution in [0.5, 0.6) is 0 Å². The summed E-state index contributed by atoms with van der Waals surface area (Å²) in [5.74, 6) is 0.578. The second kappa shape index (κ2) is 6.56. The van der Waals surface area contributed by atoms with E-state index in [2.05, 4.69) is 15.3 Å². The summed E-state index contributed by atoms with van der Waals surface area (Å²) < 4.78 is 0. The third-order valence-corrected chi connectivity index (χ3v) is 5.45. The number of nitrogens with one attached hydrogen (secondary N) is 1. The molecule has 2 atom stereocenters. The lowest BCUT2D eigenvalue weighted by Crippen LogP contribution is -2.26. The van der Waals surface area contributed by atoms with Gasteiger partial charge in [-0.25, -0.2) is 9.97 Å². The minimum absolute atomic E-state index is 0.0135. The predicted molar refractivity (Wildman–Crippen MR) is 111 cm³/mol. The van der Waals surface area contributed by atoms with Crippen molar-refractivity contribution in [3.05, 3.63) is 48.2 Å². The number of hydrogen-bond acceptors (Lipinski definition) is 5. The highest BCUT2D eigenvalue weighted by molar-refractivity contribution is 5.98. The summed E-state index contributed by atoms with van der Waals surface area (Å²) in [5.41, 5.74) is 8.23. The molecular formula is C22H24N4O2. The van der Waals surface area contributed by atoms with Crippen LogP contribution in [-0.2, 0) is 4.79 Å². The van der Waals surface area contributed by atoms with Gasteiger partial charge in [0.1, 0.15) is 11.6 Å². The highest BCUT2D eigenvalue weighted by Gasteiger charge is 2.51. The number of fused-ring (bicyclic) bond motifs is 1. The molecule has 0 spiro atoms. The number of nitrogens with zero attached hydrogens (tertiary/aromatic N) is 2. The third kappa shape index (κ3) is 3.43. The van der Waals surface area contributed by atoms with Gasteiger partial charge in [0.25, 0.3) is 0 Å². The summed E-state index contributed by atoms with van der Waals surface area (Å²) >= 11 is 0. The number of anilines is 2. The summed E-state index contributed by atoms with van der Waals surface area (Å²) in [4.78, 5) is 21.3. The molecule has 0 radical (unpaired) electrons. The van der Waals surface area contributed by atoms with Gasteiger partial charge in [0.2, 0.25) is 5.91 Å². The van der Waals surface area contributed by atoms with Crippen molar-refractivity contribution in [2.24, 2.45) is 11.8 Å². The third-order valence-electron chi connectivity index (χ3n) is 5.45. The number of rotatable bonds is 4. The van der Waals surface area contributed by atoms with Gasteiger partial charge in [0.15, 0.2) is 0 Å². The monoisotopic (exact) mass is 376 g/mol. The zero-order chi connectivity index (χ0) is 20.1. The smallest absolute Gasteiger partial charge is 0.229 e. The van der Waals surface area contributed by atoms with Crippen molar-refractivity contribution in [2.75, 3.05) is 11.1 Å². The number of amides is 1. The van der Waals surface area contributed by atoms with E-state index in [0.29, 0.717) is 18.1 Å². The Bertz CT molecular complexity index is 1070. The molecule has 0 bridgehead atoms. The largest absolute Gasteiger partial charge is 0.390 e. The molecule has 1 fully saturated rings. The van der Waals surface area contributed by atoms with Gasteiger partial charge >= 0.3 is 0 Å². The van der Waals surface area contributed by atoms with E-state index < -0.39 is 5.60 Å². The van der Waals surface area contributed by atoms with Crippen LogP contribution in [0.25, 0.3) is 22.0 Å². The quantitative estimate of drug-likeness (QED) is 0.647. The van der Waals surface area contributed by atoms with Crippen LogP contribution >= 0.6 is 0 Å². The Morgan fingerprint density at radius 1 is 1.29 bits per heavy atom. The minimum Gasteiger partial charge on any atom is -0.390 e. The first-order valence-corrected chi connectivity index (χ1v) is 9.39. The normalized spacial score (nSPS) is 18.9. The Labute approximate surface area is 163 Å². The van der Waals surface area contributed by atoms with Crippen LogP contribution < -0.4 is 11.1 Å². The number of benzene rings is 1. The molecule has 1 amide bonds. The minimum atomic E-state index is -0.846. The second-order valence-electron chi connectivity index (χ2n) is 8.09. The van der Waals surface area contributed by atoms with Crippen LogP contribution in [-0.4, -0.2) is 26.6 Å². The molecule has 4 N–H and O–H groups in total. The van der Waals surface area contributed by atoms with Crippen molar-refractivity contribution in [3.8, 4) is 11.3 Å². The van der Waals surface area contributed by atoms with Crippen molar-refractivity contribution in [1.29, 1.82) is 0 Å².